The minimum absolute atomic E-state index is 0.851. The molecule has 30 heavy (non-hydrogen) atoms. The number of rotatable bonds is 4. The second kappa shape index (κ2) is 7.88. The zero-order valence-corrected chi connectivity index (χ0v) is 17.5. The van der Waals surface area contributed by atoms with Gasteiger partial charge in [-0.05, 0) is 37.1 Å². The second-order valence-corrected chi connectivity index (χ2v) is 8.02. The fourth-order valence-electron chi connectivity index (χ4n) is 4.22. The fourth-order valence-corrected chi connectivity index (χ4v) is 4.22. The number of benzene rings is 2. The Balaban J connectivity index is 1.33. The summed E-state index contributed by atoms with van der Waals surface area (Å²) in [7, 11) is 0. The molecular weight excluding hydrogens is 372 g/mol. The highest BCUT2D eigenvalue weighted by Crippen LogP contribution is 2.26. The van der Waals surface area contributed by atoms with Crippen molar-refractivity contribution in [2.45, 2.75) is 20.4 Å². The molecule has 6 nitrogen and oxygen atoms in total. The molecule has 1 aliphatic heterocycles. The molecule has 0 N–H and O–H groups in total. The molecule has 0 amide bonds. The summed E-state index contributed by atoms with van der Waals surface area (Å²) in [6.07, 6.45) is 3.54. The first-order valence-electron chi connectivity index (χ1n) is 10.5. The maximum absolute atomic E-state index is 4.61. The third-order valence-electron chi connectivity index (χ3n) is 5.91. The van der Waals surface area contributed by atoms with Crippen LogP contribution in [0.25, 0.3) is 16.7 Å². The molecule has 3 heterocycles. The lowest BCUT2D eigenvalue weighted by Crippen LogP contribution is -2.46. The van der Waals surface area contributed by atoms with Crippen molar-refractivity contribution in [1.82, 2.24) is 24.6 Å². The van der Waals surface area contributed by atoms with E-state index < -0.39 is 0 Å². The predicted octanol–water partition coefficient (Wildman–Crippen LogP) is 3.75. The van der Waals surface area contributed by atoms with Crippen molar-refractivity contribution in [2.75, 3.05) is 31.1 Å². The highest BCUT2D eigenvalue weighted by molar-refractivity contribution is 5.87. The van der Waals surface area contributed by atoms with Gasteiger partial charge in [0.15, 0.2) is 5.65 Å². The highest BCUT2D eigenvalue weighted by Gasteiger charge is 2.22. The quantitative estimate of drug-likeness (QED) is 0.524. The minimum atomic E-state index is 0.851. The molecule has 0 radical (unpaired) electrons. The van der Waals surface area contributed by atoms with Crippen LogP contribution in [0.5, 0.6) is 0 Å². The van der Waals surface area contributed by atoms with Gasteiger partial charge in [-0.15, -0.1) is 0 Å². The lowest BCUT2D eigenvalue weighted by atomic mass is 10.1. The van der Waals surface area contributed by atoms with Crippen molar-refractivity contribution in [1.29, 1.82) is 0 Å². The topological polar surface area (TPSA) is 50.1 Å². The smallest absolute Gasteiger partial charge is 0.168 e. The molecule has 0 saturated carbocycles. The van der Waals surface area contributed by atoms with Crippen LogP contribution in [-0.4, -0.2) is 50.8 Å². The Kier molecular flexibility index (Phi) is 4.93. The highest BCUT2D eigenvalue weighted by atomic mass is 15.3. The SMILES string of the molecule is Cc1ccc(CN2CCN(c3ncnc4c3cnn4-c3ccccc3)CC2)c(C)c1. The van der Waals surface area contributed by atoms with Gasteiger partial charge in [0.05, 0.1) is 17.3 Å². The van der Waals surface area contributed by atoms with E-state index in [1.54, 1.807) is 6.33 Å². The van der Waals surface area contributed by atoms with Crippen LogP contribution in [0, 0.1) is 13.8 Å². The van der Waals surface area contributed by atoms with E-state index in [0.717, 1.165) is 55.3 Å². The molecule has 2 aromatic heterocycles. The summed E-state index contributed by atoms with van der Waals surface area (Å²) in [5, 5.41) is 5.59. The molecule has 152 valence electrons. The van der Waals surface area contributed by atoms with E-state index in [1.807, 2.05) is 41.2 Å². The minimum Gasteiger partial charge on any atom is -0.353 e. The molecule has 5 rings (SSSR count). The Hall–Kier alpha value is -3.25. The van der Waals surface area contributed by atoms with Crippen LogP contribution < -0.4 is 4.90 Å². The first-order valence-corrected chi connectivity index (χ1v) is 10.5. The molecule has 0 bridgehead atoms. The van der Waals surface area contributed by atoms with Crippen LogP contribution >= 0.6 is 0 Å². The van der Waals surface area contributed by atoms with Crippen molar-refractivity contribution >= 4 is 16.9 Å². The third kappa shape index (κ3) is 3.55. The maximum Gasteiger partial charge on any atom is 0.168 e. The molecule has 2 aromatic carbocycles. The Morgan fingerprint density at radius 3 is 2.47 bits per heavy atom. The summed E-state index contributed by atoms with van der Waals surface area (Å²) in [4.78, 5) is 14.0. The lowest BCUT2D eigenvalue weighted by molar-refractivity contribution is 0.249. The molecule has 6 heteroatoms. The van der Waals surface area contributed by atoms with Gasteiger partial charge < -0.3 is 4.90 Å². The van der Waals surface area contributed by atoms with Gasteiger partial charge in [0.25, 0.3) is 0 Å². The van der Waals surface area contributed by atoms with Crippen LogP contribution in [0.1, 0.15) is 16.7 Å². The van der Waals surface area contributed by atoms with E-state index in [0.29, 0.717) is 0 Å². The average molecular weight is 399 g/mol. The molecule has 1 fully saturated rings. The standard InChI is InChI=1S/C24H26N6/c1-18-8-9-20(19(2)14-18)16-28-10-12-29(13-11-28)23-22-15-27-30(24(22)26-17-25-23)21-6-4-3-5-7-21/h3-9,14-15,17H,10-13,16H2,1-2H3. The van der Waals surface area contributed by atoms with Gasteiger partial charge in [-0.25, -0.2) is 14.6 Å². The molecule has 0 unspecified atom stereocenters. The van der Waals surface area contributed by atoms with Gasteiger partial charge in [-0.3, -0.25) is 4.90 Å². The average Bonchev–Trinajstić information content (AvgIpc) is 3.21. The van der Waals surface area contributed by atoms with Gasteiger partial charge in [-0.2, -0.15) is 5.10 Å². The number of hydrogen-bond acceptors (Lipinski definition) is 5. The van der Waals surface area contributed by atoms with Crippen LogP contribution in [0.3, 0.4) is 0 Å². The van der Waals surface area contributed by atoms with Crippen molar-refractivity contribution in [2.24, 2.45) is 0 Å². The van der Waals surface area contributed by atoms with Crippen LogP contribution in [-0.2, 0) is 6.54 Å². The van der Waals surface area contributed by atoms with Gasteiger partial charge in [0, 0.05) is 32.7 Å². The van der Waals surface area contributed by atoms with Crippen molar-refractivity contribution in [3.8, 4) is 5.69 Å². The maximum atomic E-state index is 4.61. The van der Waals surface area contributed by atoms with Gasteiger partial charge >= 0.3 is 0 Å². The van der Waals surface area contributed by atoms with E-state index >= 15 is 0 Å². The van der Waals surface area contributed by atoms with E-state index in [2.05, 4.69) is 56.9 Å². The van der Waals surface area contributed by atoms with Crippen LogP contribution in [0.15, 0.2) is 61.1 Å². The summed E-state index contributed by atoms with van der Waals surface area (Å²) in [5.74, 6) is 0.980. The van der Waals surface area contributed by atoms with Crippen molar-refractivity contribution < 1.29 is 0 Å². The number of fused-ring (bicyclic) bond motifs is 1. The monoisotopic (exact) mass is 398 g/mol. The molecule has 0 atom stereocenters. The number of anilines is 1. The molecule has 0 aliphatic carbocycles. The summed E-state index contributed by atoms with van der Waals surface area (Å²) in [5.41, 5.74) is 5.98. The van der Waals surface area contributed by atoms with Crippen molar-refractivity contribution in [3.05, 3.63) is 77.7 Å². The lowest BCUT2D eigenvalue weighted by Gasteiger charge is -2.35. The predicted molar refractivity (Wildman–Crippen MR) is 120 cm³/mol. The van der Waals surface area contributed by atoms with Crippen LogP contribution in [0.2, 0.25) is 0 Å². The number of para-hydroxylation sites is 1. The number of aryl methyl sites for hydroxylation is 2. The Labute approximate surface area is 176 Å². The van der Waals surface area contributed by atoms with Gasteiger partial charge in [-0.1, -0.05) is 42.0 Å². The van der Waals surface area contributed by atoms with Gasteiger partial charge in [0.1, 0.15) is 12.1 Å². The van der Waals surface area contributed by atoms with E-state index in [4.69, 9.17) is 0 Å². The fraction of sp³-hybridized carbons (Fsp3) is 0.292. The van der Waals surface area contributed by atoms with Crippen LogP contribution in [0.4, 0.5) is 5.82 Å². The second-order valence-electron chi connectivity index (χ2n) is 8.02. The van der Waals surface area contributed by atoms with E-state index in [-0.39, 0.29) is 0 Å². The summed E-state index contributed by atoms with van der Waals surface area (Å²) < 4.78 is 1.89. The first kappa shape index (κ1) is 18.8. The number of aromatic nitrogens is 4. The first-order chi connectivity index (χ1) is 14.7. The summed E-state index contributed by atoms with van der Waals surface area (Å²) >= 11 is 0. The number of nitrogens with zero attached hydrogens (tertiary/aromatic N) is 6. The molecule has 4 aromatic rings. The van der Waals surface area contributed by atoms with E-state index in [1.165, 1.54) is 16.7 Å². The zero-order chi connectivity index (χ0) is 20.5. The number of piperazine rings is 1. The third-order valence-corrected chi connectivity index (χ3v) is 5.91. The summed E-state index contributed by atoms with van der Waals surface area (Å²) in [6, 6.07) is 16.9. The molecule has 0 spiro atoms. The normalized spacial score (nSPS) is 15.1. The Morgan fingerprint density at radius 1 is 0.900 bits per heavy atom. The largest absolute Gasteiger partial charge is 0.353 e. The molecule has 1 saturated heterocycles. The number of hydrogen-bond donors (Lipinski definition) is 0. The molecular formula is C24H26N6. The molecule has 1 aliphatic rings. The van der Waals surface area contributed by atoms with Gasteiger partial charge in [0.2, 0.25) is 0 Å². The Morgan fingerprint density at radius 2 is 1.70 bits per heavy atom. The van der Waals surface area contributed by atoms with E-state index in [9.17, 15) is 0 Å². The zero-order valence-electron chi connectivity index (χ0n) is 17.5. The Bertz CT molecular complexity index is 1160. The van der Waals surface area contributed by atoms with Crippen molar-refractivity contribution in [3.63, 3.8) is 0 Å². The summed E-state index contributed by atoms with van der Waals surface area (Å²) in [6.45, 7) is 9.31.